The van der Waals surface area contributed by atoms with Crippen LogP contribution in [0.1, 0.15) is 22.3 Å². The highest BCUT2D eigenvalue weighted by Gasteiger charge is 2.30. The van der Waals surface area contributed by atoms with Crippen molar-refractivity contribution in [2.45, 2.75) is 27.7 Å². The fourth-order valence-electron chi connectivity index (χ4n) is 7.96. The minimum Gasteiger partial charge on any atom is -0.456 e. The van der Waals surface area contributed by atoms with Crippen molar-refractivity contribution in [3.05, 3.63) is 168 Å². The van der Waals surface area contributed by atoms with Gasteiger partial charge in [0.15, 0.2) is 0 Å². The molecule has 0 saturated carbocycles. The zero-order valence-corrected chi connectivity index (χ0v) is 34.8. The minimum atomic E-state index is 0.655. The maximum absolute atomic E-state index is 6.74. The number of rotatable bonds is 8. The van der Waals surface area contributed by atoms with E-state index in [1.54, 1.807) is 0 Å². The van der Waals surface area contributed by atoms with E-state index in [-0.39, 0.29) is 0 Å². The molecule has 0 spiro atoms. The van der Waals surface area contributed by atoms with Crippen LogP contribution in [-0.4, -0.2) is 8.75 Å². The predicted molar refractivity (Wildman–Crippen MR) is 248 cm³/mol. The zero-order valence-electron chi connectivity index (χ0n) is 33.2. The summed E-state index contributed by atoms with van der Waals surface area (Å²) in [6.07, 6.45) is 0. The fourth-order valence-corrected chi connectivity index (χ4v) is 9.08. The molecule has 0 radical (unpaired) electrons. The molecule has 0 unspecified atom stereocenters. The molecule has 11 rings (SSSR count). The maximum Gasteiger partial charge on any atom is 0.140 e. The first-order chi connectivity index (χ1) is 29.3. The van der Waals surface area contributed by atoms with E-state index in [2.05, 4.69) is 183 Å². The number of hydrogen-bond donors (Lipinski definition) is 0. The molecular formula is C50H36N6O2S2. The van der Waals surface area contributed by atoms with Gasteiger partial charge in [-0.2, -0.15) is 17.5 Å². The van der Waals surface area contributed by atoms with Crippen molar-refractivity contribution < 1.29 is 8.83 Å². The highest BCUT2D eigenvalue weighted by atomic mass is 32.1. The summed E-state index contributed by atoms with van der Waals surface area (Å²) in [6, 6.07) is 51.1. The number of aryl methyl sites for hydroxylation is 4. The number of furan rings is 2. The molecule has 290 valence electrons. The van der Waals surface area contributed by atoms with Gasteiger partial charge >= 0.3 is 0 Å². The SMILES string of the molecule is Cc1ccc(N(c2ccc(C)cc2)c2ccc3cc(-c4c5c(c(-c6cc7ccc(N(c8ccc(C)cc8)c8ccc(C)cc8)cc7o6)c6nsnc46)N=S=N5)oc3c2)cc1. The molecule has 0 aliphatic carbocycles. The van der Waals surface area contributed by atoms with Gasteiger partial charge in [-0.15, -0.1) is 0 Å². The molecule has 10 heteroatoms. The Hall–Kier alpha value is -7.14. The quantitative estimate of drug-likeness (QED) is 0.152. The lowest BCUT2D eigenvalue weighted by Crippen LogP contribution is -2.09. The van der Waals surface area contributed by atoms with Gasteiger partial charge in [0.2, 0.25) is 0 Å². The summed E-state index contributed by atoms with van der Waals surface area (Å²) in [4.78, 5) is 4.50. The maximum atomic E-state index is 6.74. The second-order valence-corrected chi connectivity index (χ2v) is 16.4. The van der Waals surface area contributed by atoms with Crippen molar-refractivity contribution in [1.29, 1.82) is 0 Å². The van der Waals surface area contributed by atoms with Gasteiger partial charge < -0.3 is 18.6 Å². The first-order valence-corrected chi connectivity index (χ1v) is 21.2. The summed E-state index contributed by atoms with van der Waals surface area (Å²) >= 11 is 2.31. The molecule has 0 fully saturated rings. The Morgan fingerprint density at radius 3 is 1.08 bits per heavy atom. The summed E-state index contributed by atoms with van der Waals surface area (Å²) in [5.74, 6) is 1.31. The van der Waals surface area contributed by atoms with Gasteiger partial charge in [-0.1, -0.05) is 70.8 Å². The highest BCUT2D eigenvalue weighted by molar-refractivity contribution is 7.58. The number of benzene rings is 7. The Morgan fingerprint density at radius 1 is 0.400 bits per heavy atom. The summed E-state index contributed by atoms with van der Waals surface area (Å²) in [5.41, 5.74) is 16.9. The van der Waals surface area contributed by atoms with Crippen LogP contribution in [0.5, 0.6) is 0 Å². The van der Waals surface area contributed by atoms with Gasteiger partial charge in [0.25, 0.3) is 0 Å². The van der Waals surface area contributed by atoms with Gasteiger partial charge in [0.1, 0.15) is 45.1 Å². The van der Waals surface area contributed by atoms with E-state index in [0.29, 0.717) is 33.9 Å². The summed E-state index contributed by atoms with van der Waals surface area (Å²) in [7, 11) is 0. The van der Waals surface area contributed by atoms with E-state index < -0.39 is 0 Å². The van der Waals surface area contributed by atoms with Gasteiger partial charge in [-0.25, -0.2) is 0 Å². The number of hydrogen-bond acceptors (Lipinski definition) is 9. The molecule has 8 nitrogen and oxygen atoms in total. The minimum absolute atomic E-state index is 0.655. The number of nitrogens with zero attached hydrogens (tertiary/aromatic N) is 6. The number of anilines is 6. The predicted octanol–water partition coefficient (Wildman–Crippen LogP) is 15.4. The first-order valence-electron chi connectivity index (χ1n) is 19.7. The zero-order chi connectivity index (χ0) is 40.5. The van der Waals surface area contributed by atoms with Crippen LogP contribution in [0.3, 0.4) is 0 Å². The third-order valence-corrected chi connectivity index (χ3v) is 12.2. The third-order valence-electron chi connectivity index (χ3n) is 11.1. The summed E-state index contributed by atoms with van der Waals surface area (Å²) in [5, 5.41) is 1.94. The van der Waals surface area contributed by atoms with Crippen molar-refractivity contribution in [2.24, 2.45) is 8.73 Å². The summed E-state index contributed by atoms with van der Waals surface area (Å²) < 4.78 is 32.9. The van der Waals surface area contributed by atoms with Gasteiger partial charge in [-0.3, -0.25) is 0 Å². The Kier molecular flexibility index (Phi) is 8.57. The van der Waals surface area contributed by atoms with Crippen LogP contribution in [0, 0.1) is 27.7 Å². The monoisotopic (exact) mass is 816 g/mol. The second-order valence-electron chi connectivity index (χ2n) is 15.4. The Labute approximate surface area is 354 Å². The van der Waals surface area contributed by atoms with Crippen molar-refractivity contribution in [1.82, 2.24) is 8.75 Å². The van der Waals surface area contributed by atoms with E-state index in [9.17, 15) is 0 Å². The van der Waals surface area contributed by atoms with Crippen molar-refractivity contribution in [2.75, 3.05) is 9.80 Å². The lowest BCUT2D eigenvalue weighted by atomic mass is 9.99. The van der Waals surface area contributed by atoms with Crippen molar-refractivity contribution >= 4 is 102 Å². The van der Waals surface area contributed by atoms with Gasteiger partial charge in [-0.05, 0) is 113 Å². The molecule has 1 aliphatic rings. The Bertz CT molecular complexity index is 3030. The van der Waals surface area contributed by atoms with Crippen molar-refractivity contribution in [3.8, 4) is 22.6 Å². The standard InChI is InChI=1S/C50H36N6O2S2/c1-29-5-15-35(16-6-29)55(36-17-7-30(2)8-18-36)39-23-13-33-25-43(57-41(33)27-39)45-47-49(53-59-51-47)46(50-48(45)52-60-54-50)44-26-34-14-24-40(28-42(34)58-44)56(37-19-9-31(3)10-20-37)38-21-11-32(4)12-22-38/h5-28H,1-4H3. The molecule has 0 bridgehead atoms. The van der Waals surface area contributed by atoms with Crippen LogP contribution < -0.4 is 9.80 Å². The average molecular weight is 817 g/mol. The topological polar surface area (TPSA) is 83.3 Å². The lowest BCUT2D eigenvalue weighted by Gasteiger charge is -2.25. The Morgan fingerprint density at radius 2 is 0.733 bits per heavy atom. The number of fused-ring (bicyclic) bond motifs is 4. The molecule has 0 amide bonds. The normalized spacial score (nSPS) is 12.1. The van der Waals surface area contributed by atoms with E-state index in [1.807, 2.05) is 0 Å². The van der Waals surface area contributed by atoms with E-state index >= 15 is 0 Å². The molecular weight excluding hydrogens is 781 g/mol. The molecule has 0 atom stereocenters. The van der Waals surface area contributed by atoms with Crippen LogP contribution >= 0.6 is 11.7 Å². The molecule has 4 heterocycles. The smallest absolute Gasteiger partial charge is 0.140 e. The molecule has 7 aromatic carbocycles. The lowest BCUT2D eigenvalue weighted by molar-refractivity contribution is 0.631. The first kappa shape index (κ1) is 36.0. The van der Waals surface area contributed by atoms with Crippen LogP contribution in [0.15, 0.2) is 163 Å². The van der Waals surface area contributed by atoms with Gasteiger partial charge in [0.05, 0.1) is 34.2 Å². The fraction of sp³-hybridized carbons (Fsp3) is 0.0800. The average Bonchev–Trinajstić information content (AvgIpc) is 4.09. The molecule has 3 aromatic heterocycles. The van der Waals surface area contributed by atoms with Gasteiger partial charge in [0, 0.05) is 57.0 Å². The molecule has 0 N–H and O–H groups in total. The largest absolute Gasteiger partial charge is 0.456 e. The Balaban J connectivity index is 1.00. The summed E-state index contributed by atoms with van der Waals surface area (Å²) in [6.45, 7) is 8.42. The van der Waals surface area contributed by atoms with Crippen LogP contribution in [0.2, 0.25) is 0 Å². The third kappa shape index (κ3) is 6.20. The second kappa shape index (κ2) is 14.3. The van der Waals surface area contributed by atoms with E-state index in [4.69, 9.17) is 26.3 Å². The van der Waals surface area contributed by atoms with Crippen molar-refractivity contribution in [3.63, 3.8) is 0 Å². The number of aromatic nitrogens is 2. The molecule has 1 aliphatic heterocycles. The van der Waals surface area contributed by atoms with Crippen LogP contribution in [0.4, 0.5) is 45.5 Å². The van der Waals surface area contributed by atoms with E-state index in [0.717, 1.165) is 90.3 Å². The van der Waals surface area contributed by atoms with Crippen LogP contribution in [-0.2, 0) is 11.4 Å². The highest BCUT2D eigenvalue weighted by Crippen LogP contribution is 2.53. The molecule has 10 aromatic rings. The van der Waals surface area contributed by atoms with E-state index in [1.165, 1.54) is 22.3 Å². The van der Waals surface area contributed by atoms with Crippen LogP contribution in [0.25, 0.3) is 55.6 Å². The molecule has 60 heavy (non-hydrogen) atoms. The molecule has 0 saturated heterocycles.